The van der Waals surface area contributed by atoms with Crippen molar-refractivity contribution in [3.8, 4) is 11.5 Å². The molecule has 0 bridgehead atoms. The molecular formula is C18H26N2O3. The van der Waals surface area contributed by atoms with Gasteiger partial charge in [0.05, 0.1) is 13.7 Å². The average molecular weight is 318 g/mol. The van der Waals surface area contributed by atoms with Gasteiger partial charge in [0.25, 0.3) is 0 Å². The number of hydrogen-bond acceptors (Lipinski definition) is 4. The quantitative estimate of drug-likeness (QED) is 0.839. The Morgan fingerprint density at radius 3 is 2.65 bits per heavy atom. The van der Waals surface area contributed by atoms with Gasteiger partial charge in [0, 0.05) is 18.1 Å². The van der Waals surface area contributed by atoms with Crippen molar-refractivity contribution in [2.45, 2.75) is 45.4 Å². The van der Waals surface area contributed by atoms with Gasteiger partial charge < -0.3 is 9.47 Å². The summed E-state index contributed by atoms with van der Waals surface area (Å²) < 4.78 is 11.4. The number of carbonyl (C=O) groups is 1. The molecular weight excluding hydrogens is 292 g/mol. The highest BCUT2D eigenvalue weighted by atomic mass is 16.5. The van der Waals surface area contributed by atoms with Gasteiger partial charge in [0.2, 0.25) is 5.91 Å². The Balaban J connectivity index is 2.21. The molecule has 5 nitrogen and oxygen atoms in total. The van der Waals surface area contributed by atoms with Crippen molar-refractivity contribution in [3.05, 3.63) is 23.8 Å². The van der Waals surface area contributed by atoms with Gasteiger partial charge >= 0.3 is 0 Å². The van der Waals surface area contributed by atoms with Crippen molar-refractivity contribution >= 4 is 12.1 Å². The number of ether oxygens (including phenoxy) is 2. The fourth-order valence-electron chi connectivity index (χ4n) is 2.72. The summed E-state index contributed by atoms with van der Waals surface area (Å²) >= 11 is 0. The highest BCUT2D eigenvalue weighted by Gasteiger charge is 2.31. The van der Waals surface area contributed by atoms with Gasteiger partial charge in [-0.2, -0.15) is 5.10 Å². The number of benzene rings is 1. The van der Waals surface area contributed by atoms with E-state index in [9.17, 15) is 4.79 Å². The van der Waals surface area contributed by atoms with Crippen molar-refractivity contribution in [3.63, 3.8) is 0 Å². The van der Waals surface area contributed by atoms with E-state index in [1.165, 1.54) is 0 Å². The van der Waals surface area contributed by atoms with Crippen LogP contribution < -0.4 is 14.9 Å². The summed E-state index contributed by atoms with van der Waals surface area (Å²) in [6.07, 6.45) is 4.34. The SMILES string of the molecule is CCC(CC)COc1ccc(C2(C)C=NNC(=O)C2)cc1OC. The molecule has 1 unspecified atom stereocenters. The van der Waals surface area contributed by atoms with Gasteiger partial charge in [-0.25, -0.2) is 5.43 Å². The van der Waals surface area contributed by atoms with Gasteiger partial charge in [-0.15, -0.1) is 0 Å². The summed E-state index contributed by atoms with van der Waals surface area (Å²) in [5, 5.41) is 3.95. The second kappa shape index (κ2) is 7.49. The first-order chi connectivity index (χ1) is 11.0. The molecule has 5 heteroatoms. The average Bonchev–Trinajstić information content (AvgIpc) is 2.55. The summed E-state index contributed by atoms with van der Waals surface area (Å²) in [5.74, 6) is 1.90. The van der Waals surface area contributed by atoms with E-state index in [0.717, 1.165) is 24.2 Å². The summed E-state index contributed by atoms with van der Waals surface area (Å²) in [6, 6.07) is 5.84. The van der Waals surface area contributed by atoms with E-state index in [2.05, 4.69) is 24.4 Å². The molecule has 1 atom stereocenters. The van der Waals surface area contributed by atoms with E-state index < -0.39 is 5.41 Å². The molecule has 1 aromatic rings. The maximum atomic E-state index is 11.6. The predicted molar refractivity (Wildman–Crippen MR) is 91.2 cm³/mol. The van der Waals surface area contributed by atoms with Crippen LogP contribution >= 0.6 is 0 Å². The van der Waals surface area contributed by atoms with E-state index >= 15 is 0 Å². The van der Waals surface area contributed by atoms with Crippen molar-refractivity contribution in [1.29, 1.82) is 0 Å². The normalized spacial score (nSPS) is 20.5. The minimum atomic E-state index is -0.427. The number of methoxy groups -OCH3 is 1. The molecule has 0 saturated heterocycles. The van der Waals surface area contributed by atoms with Gasteiger partial charge in [-0.3, -0.25) is 4.79 Å². The predicted octanol–water partition coefficient (Wildman–Crippen LogP) is 3.27. The Bertz CT molecular complexity index is 582. The molecule has 1 aliphatic heterocycles. The Hall–Kier alpha value is -2.04. The molecule has 23 heavy (non-hydrogen) atoms. The molecule has 0 saturated carbocycles. The first kappa shape index (κ1) is 17.3. The number of hydrogen-bond donors (Lipinski definition) is 1. The molecule has 1 N–H and O–H groups in total. The minimum Gasteiger partial charge on any atom is -0.493 e. The van der Waals surface area contributed by atoms with Crippen LogP contribution in [0.15, 0.2) is 23.3 Å². The second-order valence-electron chi connectivity index (χ2n) is 6.25. The third-order valence-corrected chi connectivity index (χ3v) is 4.52. The first-order valence-electron chi connectivity index (χ1n) is 8.16. The van der Waals surface area contributed by atoms with Crippen molar-refractivity contribution in [1.82, 2.24) is 5.43 Å². The molecule has 1 heterocycles. The number of carbonyl (C=O) groups excluding carboxylic acids is 1. The summed E-state index contributed by atoms with van der Waals surface area (Å²) in [6.45, 7) is 7.02. The molecule has 1 aliphatic rings. The highest BCUT2D eigenvalue weighted by Crippen LogP contribution is 2.35. The zero-order chi connectivity index (χ0) is 16.9. The van der Waals surface area contributed by atoms with Gasteiger partial charge in [-0.1, -0.05) is 32.8 Å². The maximum absolute atomic E-state index is 11.6. The molecule has 2 rings (SSSR count). The fourth-order valence-corrected chi connectivity index (χ4v) is 2.72. The second-order valence-corrected chi connectivity index (χ2v) is 6.25. The van der Waals surface area contributed by atoms with Crippen LogP contribution in [-0.2, 0) is 10.2 Å². The zero-order valence-corrected chi connectivity index (χ0v) is 14.4. The topological polar surface area (TPSA) is 59.9 Å². The summed E-state index contributed by atoms with van der Waals surface area (Å²) in [7, 11) is 1.63. The monoisotopic (exact) mass is 318 g/mol. The fraction of sp³-hybridized carbons (Fsp3) is 0.556. The van der Waals surface area contributed by atoms with Crippen LogP contribution in [0.5, 0.6) is 11.5 Å². The number of nitrogens with zero attached hydrogens (tertiary/aromatic N) is 1. The zero-order valence-electron chi connectivity index (χ0n) is 14.4. The first-order valence-corrected chi connectivity index (χ1v) is 8.16. The van der Waals surface area contributed by atoms with Gasteiger partial charge in [0.1, 0.15) is 0 Å². The van der Waals surface area contributed by atoms with E-state index in [4.69, 9.17) is 9.47 Å². The van der Waals surface area contributed by atoms with Crippen molar-refractivity contribution in [2.75, 3.05) is 13.7 Å². The Morgan fingerprint density at radius 2 is 2.04 bits per heavy atom. The van der Waals surface area contributed by atoms with Crippen LogP contribution in [0, 0.1) is 5.92 Å². The van der Waals surface area contributed by atoms with Gasteiger partial charge in [-0.05, 0) is 30.5 Å². The van der Waals surface area contributed by atoms with E-state index in [0.29, 0.717) is 24.7 Å². The lowest BCUT2D eigenvalue weighted by molar-refractivity contribution is -0.122. The lowest BCUT2D eigenvalue weighted by Crippen LogP contribution is -2.37. The number of nitrogens with one attached hydrogen (secondary N) is 1. The van der Waals surface area contributed by atoms with Crippen LogP contribution in [0.25, 0.3) is 0 Å². The van der Waals surface area contributed by atoms with E-state index in [1.807, 2.05) is 25.1 Å². The lowest BCUT2D eigenvalue weighted by Gasteiger charge is -2.28. The van der Waals surface area contributed by atoms with E-state index in [1.54, 1.807) is 13.3 Å². The largest absolute Gasteiger partial charge is 0.493 e. The van der Waals surface area contributed by atoms with Crippen LogP contribution in [0.1, 0.15) is 45.6 Å². The molecule has 1 amide bonds. The maximum Gasteiger partial charge on any atom is 0.241 e. The summed E-state index contributed by atoms with van der Waals surface area (Å²) in [5.41, 5.74) is 3.03. The molecule has 0 aromatic heterocycles. The third-order valence-electron chi connectivity index (χ3n) is 4.52. The van der Waals surface area contributed by atoms with Crippen molar-refractivity contribution in [2.24, 2.45) is 11.0 Å². The number of rotatable bonds is 7. The standard InChI is InChI=1S/C18H26N2O3/c1-5-13(6-2)11-23-15-8-7-14(9-16(15)22-4)18(3)10-17(21)20-19-12-18/h7-9,12-13H,5-6,10-11H2,1-4H3,(H,20,21). The van der Waals surface area contributed by atoms with Crippen LogP contribution in [0.2, 0.25) is 0 Å². The Labute approximate surface area is 138 Å². The van der Waals surface area contributed by atoms with Crippen LogP contribution in [0.4, 0.5) is 0 Å². The van der Waals surface area contributed by atoms with Crippen molar-refractivity contribution < 1.29 is 14.3 Å². The number of amides is 1. The Kier molecular flexibility index (Phi) is 5.64. The van der Waals surface area contributed by atoms with Gasteiger partial charge in [0.15, 0.2) is 11.5 Å². The molecule has 126 valence electrons. The Morgan fingerprint density at radius 1 is 1.30 bits per heavy atom. The molecule has 0 aliphatic carbocycles. The lowest BCUT2D eigenvalue weighted by atomic mass is 9.79. The molecule has 0 fully saturated rings. The van der Waals surface area contributed by atoms with E-state index in [-0.39, 0.29) is 5.91 Å². The molecule has 1 aromatic carbocycles. The smallest absolute Gasteiger partial charge is 0.241 e. The molecule has 0 radical (unpaired) electrons. The third kappa shape index (κ3) is 4.03. The summed E-state index contributed by atoms with van der Waals surface area (Å²) in [4.78, 5) is 11.6. The highest BCUT2D eigenvalue weighted by molar-refractivity contribution is 5.89. The number of hydrazone groups is 1. The minimum absolute atomic E-state index is 0.0805. The van der Waals surface area contributed by atoms with Crippen LogP contribution in [0.3, 0.4) is 0 Å². The molecule has 0 spiro atoms. The van der Waals surface area contributed by atoms with Crippen LogP contribution in [-0.4, -0.2) is 25.8 Å².